The molecule has 68 valence electrons. The van der Waals surface area contributed by atoms with Gasteiger partial charge in [-0.25, -0.2) is 0 Å². The molecule has 1 atom stereocenters. The predicted molar refractivity (Wildman–Crippen MR) is 46.7 cm³/mol. The molecule has 0 amide bonds. The fourth-order valence-electron chi connectivity index (χ4n) is 0.464. The lowest BCUT2D eigenvalue weighted by Crippen LogP contribution is -2.38. The van der Waals surface area contributed by atoms with Crippen LogP contribution in [0.15, 0.2) is 0 Å². The van der Waals surface area contributed by atoms with E-state index in [2.05, 4.69) is 0 Å². The molecule has 0 radical (unpaired) electrons. The van der Waals surface area contributed by atoms with Crippen molar-refractivity contribution in [3.8, 4) is 0 Å². The summed E-state index contributed by atoms with van der Waals surface area (Å²) in [5, 5.41) is 0. The summed E-state index contributed by atoms with van der Waals surface area (Å²) in [7, 11) is 0. The third-order valence-corrected chi connectivity index (χ3v) is 0.881. The lowest BCUT2D eigenvalue weighted by Gasteiger charge is -2.22. The molecule has 4 heteroatoms. The number of carbonyl (C=O) groups is 1. The molecular formula is C7H16ClNO2. The first-order chi connectivity index (χ1) is 4.33. The molecule has 0 aliphatic rings. The van der Waals surface area contributed by atoms with Gasteiger partial charge in [-0.3, -0.25) is 10.5 Å². The van der Waals surface area contributed by atoms with Crippen LogP contribution in [0.5, 0.6) is 0 Å². The highest BCUT2D eigenvalue weighted by molar-refractivity contribution is 5.85. The topological polar surface area (TPSA) is 52.3 Å². The fourth-order valence-corrected chi connectivity index (χ4v) is 0.464. The summed E-state index contributed by atoms with van der Waals surface area (Å²) in [6.07, 6.45) is -0.778. The van der Waals surface area contributed by atoms with Gasteiger partial charge >= 0.3 is 0 Å². The number of carbonyl (C=O) groups excluding carboxylic acids is 1. The fraction of sp³-hybridized carbons (Fsp3) is 0.857. The van der Waals surface area contributed by atoms with Crippen molar-refractivity contribution in [2.24, 2.45) is 5.73 Å². The number of ketones is 1. The zero-order valence-corrected chi connectivity index (χ0v) is 8.20. The SMILES string of the molecule is CC(=O)[C@H](N)OC(C)(C)C.Cl. The van der Waals surface area contributed by atoms with E-state index in [9.17, 15) is 4.79 Å². The van der Waals surface area contributed by atoms with Crippen LogP contribution in [-0.2, 0) is 9.53 Å². The molecule has 0 fully saturated rings. The minimum atomic E-state index is -0.778. The highest BCUT2D eigenvalue weighted by atomic mass is 35.5. The number of hydrogen-bond acceptors (Lipinski definition) is 3. The van der Waals surface area contributed by atoms with E-state index in [0.717, 1.165) is 0 Å². The Morgan fingerprint density at radius 3 is 1.91 bits per heavy atom. The summed E-state index contributed by atoms with van der Waals surface area (Å²) in [5.41, 5.74) is 4.99. The van der Waals surface area contributed by atoms with Gasteiger partial charge < -0.3 is 4.74 Å². The molecule has 3 nitrogen and oxygen atoms in total. The highest BCUT2D eigenvalue weighted by Crippen LogP contribution is 2.08. The van der Waals surface area contributed by atoms with Crippen LogP contribution in [0.4, 0.5) is 0 Å². The Kier molecular flexibility index (Phi) is 5.75. The van der Waals surface area contributed by atoms with Gasteiger partial charge in [-0.05, 0) is 27.7 Å². The van der Waals surface area contributed by atoms with Crippen LogP contribution >= 0.6 is 12.4 Å². The number of nitrogens with two attached hydrogens (primary N) is 1. The van der Waals surface area contributed by atoms with Gasteiger partial charge in [0.15, 0.2) is 12.0 Å². The minimum Gasteiger partial charge on any atom is -0.351 e. The van der Waals surface area contributed by atoms with Crippen LogP contribution in [0.25, 0.3) is 0 Å². The van der Waals surface area contributed by atoms with E-state index in [1.807, 2.05) is 20.8 Å². The molecular weight excluding hydrogens is 166 g/mol. The van der Waals surface area contributed by atoms with Gasteiger partial charge in [0, 0.05) is 0 Å². The molecule has 0 aromatic carbocycles. The number of hydrogen-bond donors (Lipinski definition) is 1. The van der Waals surface area contributed by atoms with Crippen LogP contribution in [-0.4, -0.2) is 17.6 Å². The summed E-state index contributed by atoms with van der Waals surface area (Å²) in [5.74, 6) is -0.144. The standard InChI is InChI=1S/C7H15NO2.ClH/c1-5(9)6(8)10-7(2,3)4;/h6H,8H2,1-4H3;1H/t6-;/m1./s1. The smallest absolute Gasteiger partial charge is 0.173 e. The van der Waals surface area contributed by atoms with Gasteiger partial charge in [0.1, 0.15) is 0 Å². The minimum absolute atomic E-state index is 0. The van der Waals surface area contributed by atoms with Gasteiger partial charge in [-0.1, -0.05) is 0 Å². The van der Waals surface area contributed by atoms with Crippen LogP contribution in [0.2, 0.25) is 0 Å². The first-order valence-corrected chi connectivity index (χ1v) is 3.27. The molecule has 2 N–H and O–H groups in total. The molecule has 0 unspecified atom stereocenters. The van der Waals surface area contributed by atoms with E-state index in [-0.39, 0.29) is 23.8 Å². The molecule has 0 spiro atoms. The number of halogens is 1. The largest absolute Gasteiger partial charge is 0.351 e. The van der Waals surface area contributed by atoms with Crippen molar-refractivity contribution in [3.05, 3.63) is 0 Å². The molecule has 0 aliphatic carbocycles. The molecule has 0 saturated carbocycles. The van der Waals surface area contributed by atoms with Crippen LogP contribution < -0.4 is 5.73 Å². The third kappa shape index (κ3) is 7.78. The third-order valence-electron chi connectivity index (χ3n) is 0.881. The molecule has 0 aromatic heterocycles. The average molecular weight is 182 g/mol. The summed E-state index contributed by atoms with van der Waals surface area (Å²) in [6, 6.07) is 0. The van der Waals surface area contributed by atoms with E-state index < -0.39 is 6.23 Å². The molecule has 0 heterocycles. The van der Waals surface area contributed by atoms with Gasteiger partial charge in [0.25, 0.3) is 0 Å². The van der Waals surface area contributed by atoms with Crippen LogP contribution in [0, 0.1) is 0 Å². The van der Waals surface area contributed by atoms with Crippen molar-refractivity contribution < 1.29 is 9.53 Å². The van der Waals surface area contributed by atoms with Gasteiger partial charge in [-0.2, -0.15) is 0 Å². The molecule has 0 rings (SSSR count). The van der Waals surface area contributed by atoms with Crippen molar-refractivity contribution in [2.45, 2.75) is 39.5 Å². The Labute approximate surface area is 73.7 Å². The van der Waals surface area contributed by atoms with Crippen molar-refractivity contribution in [2.75, 3.05) is 0 Å². The normalized spacial score (nSPS) is 13.5. The van der Waals surface area contributed by atoms with Crippen molar-refractivity contribution in [1.82, 2.24) is 0 Å². The predicted octanol–water partition coefficient (Wildman–Crippen LogP) is 1.10. The zero-order valence-electron chi connectivity index (χ0n) is 7.38. The van der Waals surface area contributed by atoms with Gasteiger partial charge in [-0.15, -0.1) is 12.4 Å². The van der Waals surface area contributed by atoms with Gasteiger partial charge in [0.2, 0.25) is 0 Å². The Morgan fingerprint density at radius 1 is 1.45 bits per heavy atom. The maximum absolute atomic E-state index is 10.6. The second kappa shape index (κ2) is 4.70. The lowest BCUT2D eigenvalue weighted by molar-refractivity contribution is -0.137. The second-order valence-electron chi connectivity index (χ2n) is 3.26. The van der Waals surface area contributed by atoms with E-state index in [4.69, 9.17) is 10.5 Å². The Hall–Kier alpha value is -0.120. The van der Waals surface area contributed by atoms with E-state index in [1.54, 1.807) is 0 Å². The van der Waals surface area contributed by atoms with E-state index in [1.165, 1.54) is 6.92 Å². The summed E-state index contributed by atoms with van der Waals surface area (Å²) in [4.78, 5) is 10.6. The van der Waals surface area contributed by atoms with E-state index in [0.29, 0.717) is 0 Å². The summed E-state index contributed by atoms with van der Waals surface area (Å²) in [6.45, 7) is 6.98. The summed E-state index contributed by atoms with van der Waals surface area (Å²) < 4.78 is 5.13. The Bertz CT molecular complexity index is 131. The lowest BCUT2D eigenvalue weighted by atomic mass is 10.2. The zero-order chi connectivity index (χ0) is 8.36. The first-order valence-electron chi connectivity index (χ1n) is 3.27. The first kappa shape index (κ1) is 13.5. The monoisotopic (exact) mass is 181 g/mol. The highest BCUT2D eigenvalue weighted by Gasteiger charge is 2.17. The summed E-state index contributed by atoms with van der Waals surface area (Å²) >= 11 is 0. The maximum atomic E-state index is 10.6. The van der Waals surface area contributed by atoms with Crippen molar-refractivity contribution in [1.29, 1.82) is 0 Å². The number of ether oxygens (including phenoxy) is 1. The van der Waals surface area contributed by atoms with E-state index >= 15 is 0 Å². The van der Waals surface area contributed by atoms with Crippen molar-refractivity contribution >= 4 is 18.2 Å². The molecule has 0 bridgehead atoms. The van der Waals surface area contributed by atoms with Crippen LogP contribution in [0.1, 0.15) is 27.7 Å². The van der Waals surface area contributed by atoms with Crippen LogP contribution in [0.3, 0.4) is 0 Å². The van der Waals surface area contributed by atoms with Crippen molar-refractivity contribution in [3.63, 3.8) is 0 Å². The molecule has 0 aromatic rings. The Morgan fingerprint density at radius 2 is 1.82 bits per heavy atom. The number of Topliss-reactive ketones (excluding diaryl/α,β-unsaturated/α-hetero) is 1. The maximum Gasteiger partial charge on any atom is 0.173 e. The van der Waals surface area contributed by atoms with Gasteiger partial charge in [0.05, 0.1) is 5.60 Å². The average Bonchev–Trinajstić information content (AvgIpc) is 1.60. The molecule has 11 heavy (non-hydrogen) atoms. The Balaban J connectivity index is 0. The second-order valence-corrected chi connectivity index (χ2v) is 3.26. The molecule has 0 aliphatic heterocycles. The number of rotatable bonds is 2. The quantitative estimate of drug-likeness (QED) is 0.650. The molecule has 0 saturated heterocycles.